The SMILES string of the molecule is c1ccc2c(c1)-c1ccccc1C21c2cc3c4cccc5c6cc7ccccc7cc6n(c3cc2-c2cc3c(cc21)c1cccc2c6cc7ccccc7cc6n3c12)c45. The molecule has 0 N–H and O–H groups in total. The highest BCUT2D eigenvalue weighted by atomic mass is 14.9. The van der Waals surface area contributed by atoms with Crippen molar-refractivity contribution in [2.24, 2.45) is 0 Å². The molecule has 0 saturated carbocycles. The van der Waals surface area contributed by atoms with Gasteiger partial charge in [0.1, 0.15) is 0 Å². The summed E-state index contributed by atoms with van der Waals surface area (Å²) in [5.74, 6) is 0. The van der Waals surface area contributed by atoms with Crippen LogP contribution < -0.4 is 0 Å². The fraction of sp³-hybridized carbons (Fsp3) is 0.0175. The Hall–Kier alpha value is -7.68. The zero-order valence-electron chi connectivity index (χ0n) is 31.7. The summed E-state index contributed by atoms with van der Waals surface area (Å²) in [6, 6.07) is 69.7. The van der Waals surface area contributed by atoms with Crippen LogP contribution in [0.5, 0.6) is 0 Å². The zero-order chi connectivity index (χ0) is 37.9. The maximum atomic E-state index is 2.59. The average molecular weight is 743 g/mol. The van der Waals surface area contributed by atoms with Gasteiger partial charge in [-0.1, -0.05) is 133 Å². The summed E-state index contributed by atoms with van der Waals surface area (Å²) in [7, 11) is 0. The molecule has 2 aliphatic carbocycles. The summed E-state index contributed by atoms with van der Waals surface area (Å²) >= 11 is 0. The molecule has 16 rings (SSSR count). The molecule has 0 fully saturated rings. The Kier molecular flexibility index (Phi) is 4.86. The van der Waals surface area contributed by atoms with Crippen LogP contribution in [0, 0.1) is 0 Å². The van der Waals surface area contributed by atoms with Crippen molar-refractivity contribution < 1.29 is 0 Å². The Bertz CT molecular complexity index is 3970. The first kappa shape index (κ1) is 29.5. The summed E-state index contributed by atoms with van der Waals surface area (Å²) < 4.78 is 5.14. The maximum absolute atomic E-state index is 2.59. The van der Waals surface area contributed by atoms with Gasteiger partial charge in [0.15, 0.2) is 0 Å². The van der Waals surface area contributed by atoms with Gasteiger partial charge in [-0.25, -0.2) is 0 Å². The Labute approximate surface area is 337 Å². The van der Waals surface area contributed by atoms with Crippen LogP contribution >= 0.6 is 0 Å². The predicted molar refractivity (Wildman–Crippen MR) is 247 cm³/mol. The molecule has 10 aromatic carbocycles. The molecule has 2 heteroatoms. The van der Waals surface area contributed by atoms with Crippen molar-refractivity contribution in [3.63, 3.8) is 0 Å². The molecule has 0 saturated heterocycles. The van der Waals surface area contributed by atoms with E-state index in [4.69, 9.17) is 0 Å². The van der Waals surface area contributed by atoms with E-state index in [0.29, 0.717) is 0 Å². The van der Waals surface area contributed by atoms with E-state index in [1.54, 1.807) is 0 Å². The molecule has 0 aliphatic heterocycles. The van der Waals surface area contributed by atoms with E-state index in [9.17, 15) is 0 Å². The van der Waals surface area contributed by atoms with Gasteiger partial charge in [-0.05, 0) is 115 Å². The highest BCUT2D eigenvalue weighted by Gasteiger charge is 2.52. The first-order chi connectivity index (χ1) is 29.3. The molecule has 4 heterocycles. The van der Waals surface area contributed by atoms with E-state index in [0.717, 1.165) is 0 Å². The monoisotopic (exact) mass is 742 g/mol. The molecule has 0 radical (unpaired) electrons. The van der Waals surface area contributed by atoms with Crippen molar-refractivity contribution in [1.29, 1.82) is 0 Å². The van der Waals surface area contributed by atoms with Gasteiger partial charge in [0.25, 0.3) is 0 Å². The number of rotatable bonds is 0. The van der Waals surface area contributed by atoms with Gasteiger partial charge in [0.2, 0.25) is 0 Å². The molecule has 0 amide bonds. The van der Waals surface area contributed by atoms with Crippen LogP contribution in [0.25, 0.3) is 120 Å². The van der Waals surface area contributed by atoms with E-state index in [-0.39, 0.29) is 0 Å². The summed E-state index contributed by atoms with van der Waals surface area (Å²) in [4.78, 5) is 0. The lowest BCUT2D eigenvalue weighted by Crippen LogP contribution is -2.25. The fourth-order valence-corrected chi connectivity index (χ4v) is 12.4. The highest BCUT2D eigenvalue weighted by molar-refractivity contribution is 6.27. The topological polar surface area (TPSA) is 8.82 Å². The highest BCUT2D eigenvalue weighted by Crippen LogP contribution is 2.64. The molecule has 2 nitrogen and oxygen atoms in total. The van der Waals surface area contributed by atoms with Crippen LogP contribution in [0.3, 0.4) is 0 Å². The standard InChI is InChI=1S/C57H30N2/c1-3-13-33-25-51-43(23-31(33)11-1)37-17-9-19-39-45-27-49-41(29-53(45)58(51)55(37)39)42-30-54-46(28-50(42)57(49)47-21-7-5-15-35(47)36-16-6-8-22-48(36)57)40-20-10-18-38-44-24-32-12-2-4-14-34(32)26-52(44)59(54)56(38)40/h1-30H. The minimum Gasteiger partial charge on any atom is -0.308 e. The van der Waals surface area contributed by atoms with Crippen LogP contribution in [-0.2, 0) is 5.41 Å². The number of hydrogen-bond donors (Lipinski definition) is 0. The smallest absolute Gasteiger partial charge is 0.0726 e. The lowest BCUT2D eigenvalue weighted by Gasteiger charge is -2.30. The molecule has 268 valence electrons. The van der Waals surface area contributed by atoms with Gasteiger partial charge < -0.3 is 8.80 Å². The van der Waals surface area contributed by atoms with Crippen molar-refractivity contribution in [3.8, 4) is 22.3 Å². The number of hydrogen-bond acceptors (Lipinski definition) is 0. The molecule has 14 aromatic rings. The Morgan fingerprint density at radius 2 is 0.610 bits per heavy atom. The van der Waals surface area contributed by atoms with Crippen LogP contribution in [-0.4, -0.2) is 8.80 Å². The Morgan fingerprint density at radius 1 is 0.254 bits per heavy atom. The zero-order valence-corrected chi connectivity index (χ0v) is 31.7. The van der Waals surface area contributed by atoms with Gasteiger partial charge >= 0.3 is 0 Å². The van der Waals surface area contributed by atoms with E-state index in [2.05, 4.69) is 191 Å². The number of nitrogens with zero attached hydrogens (tertiary/aromatic N) is 2. The van der Waals surface area contributed by atoms with Crippen molar-refractivity contribution in [1.82, 2.24) is 8.80 Å². The largest absolute Gasteiger partial charge is 0.308 e. The van der Waals surface area contributed by atoms with Gasteiger partial charge in [-0.2, -0.15) is 0 Å². The van der Waals surface area contributed by atoms with Crippen LogP contribution in [0.1, 0.15) is 22.3 Å². The summed E-state index contributed by atoms with van der Waals surface area (Å²) in [6.45, 7) is 0. The van der Waals surface area contributed by atoms with Crippen molar-refractivity contribution in [2.45, 2.75) is 5.41 Å². The van der Waals surface area contributed by atoms with Crippen LogP contribution in [0.15, 0.2) is 182 Å². The van der Waals surface area contributed by atoms with E-state index in [1.807, 2.05) is 0 Å². The molecule has 59 heavy (non-hydrogen) atoms. The third-order valence-electron chi connectivity index (χ3n) is 14.7. The van der Waals surface area contributed by atoms with Gasteiger partial charge in [-0.3, -0.25) is 0 Å². The lowest BCUT2D eigenvalue weighted by atomic mass is 9.70. The molecule has 0 unspecified atom stereocenters. The molecule has 1 spiro atoms. The molecular formula is C57H30N2. The Morgan fingerprint density at radius 3 is 1.05 bits per heavy atom. The van der Waals surface area contributed by atoms with Gasteiger partial charge in [0, 0.05) is 43.1 Å². The first-order valence-corrected chi connectivity index (χ1v) is 20.8. The molecular weight excluding hydrogens is 713 g/mol. The van der Waals surface area contributed by atoms with Crippen molar-refractivity contribution >= 4 is 97.7 Å². The van der Waals surface area contributed by atoms with E-state index in [1.165, 1.54) is 142 Å². The predicted octanol–water partition coefficient (Wildman–Crippen LogP) is 14.6. The molecule has 2 aliphatic rings. The molecule has 4 aromatic heterocycles. The van der Waals surface area contributed by atoms with Gasteiger partial charge in [-0.15, -0.1) is 0 Å². The minimum atomic E-state index is -0.464. The van der Waals surface area contributed by atoms with E-state index < -0.39 is 5.41 Å². The third kappa shape index (κ3) is 3.18. The first-order valence-electron chi connectivity index (χ1n) is 20.8. The van der Waals surface area contributed by atoms with Crippen molar-refractivity contribution in [2.75, 3.05) is 0 Å². The quantitative estimate of drug-likeness (QED) is 0.146. The second-order valence-corrected chi connectivity index (χ2v) is 17.2. The minimum absolute atomic E-state index is 0.464. The Balaban J connectivity index is 1.12. The van der Waals surface area contributed by atoms with Crippen LogP contribution in [0.4, 0.5) is 0 Å². The number of benzene rings is 10. The summed E-state index contributed by atoms with van der Waals surface area (Å²) in [6.07, 6.45) is 0. The van der Waals surface area contributed by atoms with E-state index >= 15 is 0 Å². The lowest BCUT2D eigenvalue weighted by molar-refractivity contribution is 0.796. The number of aromatic nitrogens is 2. The fourth-order valence-electron chi connectivity index (χ4n) is 12.4. The summed E-state index contributed by atoms with van der Waals surface area (Å²) in [5.41, 5.74) is 18.1. The molecule has 0 bridgehead atoms. The normalized spacial score (nSPS) is 14.2. The second kappa shape index (κ2) is 9.70. The third-order valence-corrected chi connectivity index (χ3v) is 14.7. The average Bonchev–Trinajstić information content (AvgIpc) is 4.10. The second-order valence-electron chi connectivity index (χ2n) is 17.2. The summed E-state index contributed by atoms with van der Waals surface area (Å²) in [5, 5.41) is 15.6. The van der Waals surface area contributed by atoms with Crippen molar-refractivity contribution in [3.05, 3.63) is 204 Å². The van der Waals surface area contributed by atoms with Crippen LogP contribution in [0.2, 0.25) is 0 Å². The maximum Gasteiger partial charge on any atom is 0.0726 e. The van der Waals surface area contributed by atoms with Gasteiger partial charge in [0.05, 0.1) is 38.5 Å². The number of para-hydroxylation sites is 2. The number of fused-ring (bicyclic) bond motifs is 24. The molecule has 0 atom stereocenters.